The van der Waals surface area contributed by atoms with E-state index in [1.165, 1.54) is 19.2 Å². The Balaban J connectivity index is 0.000000249. The van der Waals surface area contributed by atoms with Gasteiger partial charge in [0.2, 0.25) is 0 Å². The Hall–Kier alpha value is -1.42. The molecule has 0 fully saturated rings. The van der Waals surface area contributed by atoms with Gasteiger partial charge in [-0.15, -0.1) is 0 Å². The van der Waals surface area contributed by atoms with E-state index in [2.05, 4.69) is 4.65 Å². The largest absolute Gasteiger partial charge is 0.633 e. The molecule has 1 aliphatic heterocycles. The second-order valence-electron chi connectivity index (χ2n) is 2.99. The summed E-state index contributed by atoms with van der Waals surface area (Å²) in [5.74, 6) is -0.550. The van der Waals surface area contributed by atoms with Crippen molar-refractivity contribution >= 4 is 23.3 Å². The number of carbonyl (C=O) groups is 1. The molecule has 7 nitrogen and oxygen atoms in total. The van der Waals surface area contributed by atoms with Crippen molar-refractivity contribution < 1.29 is 27.9 Å². The SMILES string of the molecule is COB(O)O.O=C1NS(=O)(=O)c2ccccc21. The molecule has 1 aromatic rings. The monoisotopic (exact) mass is 259 g/mol. The van der Waals surface area contributed by atoms with Gasteiger partial charge in [-0.05, 0) is 12.1 Å². The molecular weight excluding hydrogens is 249 g/mol. The van der Waals surface area contributed by atoms with Gasteiger partial charge in [0.25, 0.3) is 15.9 Å². The van der Waals surface area contributed by atoms with Gasteiger partial charge in [0.05, 0.1) is 5.56 Å². The molecule has 92 valence electrons. The number of amides is 1. The molecule has 0 aliphatic carbocycles. The third-order valence-corrected chi connectivity index (χ3v) is 3.25. The van der Waals surface area contributed by atoms with Crippen LogP contribution in [0.1, 0.15) is 10.4 Å². The van der Waals surface area contributed by atoms with Gasteiger partial charge < -0.3 is 14.7 Å². The van der Waals surface area contributed by atoms with Crippen LogP contribution in [0.5, 0.6) is 0 Å². The van der Waals surface area contributed by atoms with E-state index < -0.39 is 23.3 Å². The van der Waals surface area contributed by atoms with E-state index >= 15 is 0 Å². The summed E-state index contributed by atoms with van der Waals surface area (Å²) >= 11 is 0. The molecule has 0 unspecified atom stereocenters. The fourth-order valence-corrected chi connectivity index (χ4v) is 2.29. The van der Waals surface area contributed by atoms with Crippen molar-refractivity contribution in [1.82, 2.24) is 4.72 Å². The minimum atomic E-state index is -3.55. The topological polar surface area (TPSA) is 113 Å². The zero-order valence-electron chi connectivity index (χ0n) is 8.82. The molecule has 0 bridgehead atoms. The van der Waals surface area contributed by atoms with E-state index in [0.717, 1.165) is 0 Å². The molecule has 0 saturated carbocycles. The van der Waals surface area contributed by atoms with Crippen LogP contribution in [0, 0.1) is 0 Å². The summed E-state index contributed by atoms with van der Waals surface area (Å²) in [5.41, 5.74) is 0.220. The molecule has 1 heterocycles. The first kappa shape index (κ1) is 13.6. The molecule has 0 spiro atoms. The van der Waals surface area contributed by atoms with E-state index in [1.807, 2.05) is 4.72 Å². The summed E-state index contributed by atoms with van der Waals surface area (Å²) in [7, 11) is -3.97. The van der Waals surface area contributed by atoms with E-state index in [1.54, 1.807) is 12.1 Å². The number of benzene rings is 1. The van der Waals surface area contributed by atoms with Gasteiger partial charge in [0, 0.05) is 7.11 Å². The molecule has 2 rings (SSSR count). The van der Waals surface area contributed by atoms with Crippen LogP contribution in [-0.4, -0.2) is 38.8 Å². The lowest BCUT2D eigenvalue weighted by Crippen LogP contribution is -2.20. The number of nitrogens with one attached hydrogen (secondary N) is 1. The highest BCUT2D eigenvalue weighted by molar-refractivity contribution is 7.90. The van der Waals surface area contributed by atoms with Crippen molar-refractivity contribution in [3.63, 3.8) is 0 Å². The van der Waals surface area contributed by atoms with Crippen LogP contribution in [0.2, 0.25) is 0 Å². The van der Waals surface area contributed by atoms with Crippen molar-refractivity contribution in [2.24, 2.45) is 0 Å². The number of carbonyl (C=O) groups excluding carboxylic acids is 1. The van der Waals surface area contributed by atoms with Gasteiger partial charge in [-0.3, -0.25) is 4.79 Å². The summed E-state index contributed by atoms with van der Waals surface area (Å²) in [4.78, 5) is 11.1. The maximum Gasteiger partial charge on any atom is 0.633 e. The summed E-state index contributed by atoms with van der Waals surface area (Å²) in [6.45, 7) is 0. The second kappa shape index (κ2) is 5.28. The van der Waals surface area contributed by atoms with E-state index in [4.69, 9.17) is 10.0 Å². The smallest absolute Gasteiger partial charge is 0.402 e. The summed E-state index contributed by atoms with van der Waals surface area (Å²) in [5, 5.41) is 15.4. The number of hydrogen-bond donors (Lipinski definition) is 3. The van der Waals surface area contributed by atoms with Gasteiger partial charge in [0.15, 0.2) is 0 Å². The molecule has 0 radical (unpaired) electrons. The Labute approximate surface area is 98.3 Å². The summed E-state index contributed by atoms with van der Waals surface area (Å²) in [6, 6.07) is 6.09. The first-order chi connectivity index (χ1) is 7.88. The lowest BCUT2D eigenvalue weighted by molar-refractivity contribution is 0.0985. The standard InChI is InChI=1S/C7H5NO3S.CH5BO3/c9-7-5-3-1-2-4-6(5)12(10,11)8-7;1-5-2(3)4/h1-4H,(H,8,9);3-4H,1H3. The highest BCUT2D eigenvalue weighted by Crippen LogP contribution is 2.20. The molecule has 1 amide bonds. The zero-order valence-corrected chi connectivity index (χ0v) is 9.64. The van der Waals surface area contributed by atoms with Crippen LogP contribution in [-0.2, 0) is 14.7 Å². The number of hydrogen-bond acceptors (Lipinski definition) is 6. The van der Waals surface area contributed by atoms with E-state index in [9.17, 15) is 13.2 Å². The Morgan fingerprint density at radius 3 is 2.29 bits per heavy atom. The summed E-state index contributed by atoms with van der Waals surface area (Å²) < 4.78 is 28.0. The Morgan fingerprint density at radius 1 is 1.29 bits per heavy atom. The Bertz CT molecular complexity index is 515. The molecule has 17 heavy (non-hydrogen) atoms. The zero-order chi connectivity index (χ0) is 13.1. The fraction of sp³-hybridized carbons (Fsp3) is 0.125. The first-order valence-corrected chi connectivity index (χ1v) is 5.92. The normalized spacial score (nSPS) is 15.4. The average Bonchev–Trinajstić information content (AvgIpc) is 2.51. The third-order valence-electron chi connectivity index (χ3n) is 1.86. The summed E-state index contributed by atoms with van der Waals surface area (Å²) in [6.07, 6.45) is 0. The quantitative estimate of drug-likeness (QED) is 0.541. The van der Waals surface area contributed by atoms with Gasteiger partial charge >= 0.3 is 7.32 Å². The van der Waals surface area contributed by atoms with Crippen molar-refractivity contribution in [2.45, 2.75) is 4.90 Å². The number of fused-ring (bicyclic) bond motifs is 1. The van der Waals surface area contributed by atoms with Crippen LogP contribution < -0.4 is 4.72 Å². The first-order valence-electron chi connectivity index (χ1n) is 4.43. The van der Waals surface area contributed by atoms with E-state index in [-0.39, 0.29) is 10.5 Å². The number of rotatable bonds is 1. The predicted molar refractivity (Wildman–Crippen MR) is 58.3 cm³/mol. The van der Waals surface area contributed by atoms with E-state index in [0.29, 0.717) is 0 Å². The van der Waals surface area contributed by atoms with Crippen molar-refractivity contribution in [3.05, 3.63) is 29.8 Å². The molecule has 0 aromatic heterocycles. The minimum Gasteiger partial charge on any atom is -0.402 e. The van der Waals surface area contributed by atoms with Gasteiger partial charge in [-0.2, -0.15) is 0 Å². The molecule has 1 aromatic carbocycles. The maximum atomic E-state index is 11.1. The van der Waals surface area contributed by atoms with Crippen LogP contribution in [0.15, 0.2) is 29.2 Å². The van der Waals surface area contributed by atoms with Crippen LogP contribution in [0.25, 0.3) is 0 Å². The highest BCUT2D eigenvalue weighted by Gasteiger charge is 2.31. The molecular formula is C8H10BNO6S. The van der Waals surface area contributed by atoms with Gasteiger partial charge in [0.1, 0.15) is 4.90 Å². The Morgan fingerprint density at radius 2 is 1.82 bits per heavy atom. The lowest BCUT2D eigenvalue weighted by Gasteiger charge is -1.91. The predicted octanol–water partition coefficient (Wildman–Crippen LogP) is -1.28. The van der Waals surface area contributed by atoms with Crippen molar-refractivity contribution in [2.75, 3.05) is 7.11 Å². The lowest BCUT2D eigenvalue weighted by atomic mass is 10.2. The molecule has 3 N–H and O–H groups in total. The molecule has 0 saturated heterocycles. The number of sulfonamides is 1. The van der Waals surface area contributed by atoms with Crippen LogP contribution in [0.3, 0.4) is 0 Å². The van der Waals surface area contributed by atoms with Gasteiger partial charge in [-0.25, -0.2) is 13.1 Å². The van der Waals surface area contributed by atoms with Gasteiger partial charge in [-0.1, -0.05) is 12.1 Å². The average molecular weight is 259 g/mol. The molecule has 0 atom stereocenters. The minimum absolute atomic E-state index is 0.0648. The third kappa shape index (κ3) is 3.27. The highest BCUT2D eigenvalue weighted by atomic mass is 32.2. The van der Waals surface area contributed by atoms with Crippen molar-refractivity contribution in [3.8, 4) is 0 Å². The van der Waals surface area contributed by atoms with Crippen molar-refractivity contribution in [1.29, 1.82) is 0 Å². The van der Waals surface area contributed by atoms with Crippen LogP contribution in [0.4, 0.5) is 0 Å². The second-order valence-corrected chi connectivity index (χ2v) is 4.64. The Kier molecular flexibility index (Phi) is 4.24. The fourth-order valence-electron chi connectivity index (χ4n) is 1.12. The van der Waals surface area contributed by atoms with Crippen LogP contribution >= 0.6 is 0 Å². The molecule has 9 heteroatoms. The maximum absolute atomic E-state index is 11.1. The molecule has 1 aliphatic rings.